The van der Waals surface area contributed by atoms with Gasteiger partial charge in [-0.15, -0.1) is 5.10 Å². The van der Waals surface area contributed by atoms with Gasteiger partial charge in [0.05, 0.1) is 6.54 Å². The molecule has 0 bridgehead atoms. The number of hydrogen-bond acceptors (Lipinski definition) is 4. The Labute approximate surface area is 150 Å². The summed E-state index contributed by atoms with van der Waals surface area (Å²) in [5, 5.41) is 4.16. The van der Waals surface area contributed by atoms with E-state index in [9.17, 15) is 18.0 Å². The van der Waals surface area contributed by atoms with Crippen molar-refractivity contribution in [3.8, 4) is 11.6 Å². The number of halogens is 3. The summed E-state index contributed by atoms with van der Waals surface area (Å²) in [7, 11) is 0. The van der Waals surface area contributed by atoms with E-state index in [0.29, 0.717) is 11.3 Å². The molecule has 2 heterocycles. The van der Waals surface area contributed by atoms with Gasteiger partial charge in [-0.3, -0.25) is 0 Å². The normalized spacial score (nSPS) is 11.1. The van der Waals surface area contributed by atoms with Crippen molar-refractivity contribution in [3.05, 3.63) is 88.4 Å². The number of hydrogen-bond donors (Lipinski definition) is 0. The molecular weight excluding hydrogens is 361 g/mol. The van der Waals surface area contributed by atoms with Gasteiger partial charge >= 0.3 is 5.69 Å². The third-order valence-electron chi connectivity index (χ3n) is 3.81. The minimum Gasteiger partial charge on any atom is -0.436 e. The van der Waals surface area contributed by atoms with Crippen molar-refractivity contribution in [1.29, 1.82) is 0 Å². The second-order valence-electron chi connectivity index (χ2n) is 5.67. The molecule has 2 aromatic heterocycles. The van der Waals surface area contributed by atoms with Crippen LogP contribution in [0.1, 0.15) is 5.56 Å². The van der Waals surface area contributed by atoms with Crippen LogP contribution in [-0.2, 0) is 6.54 Å². The van der Waals surface area contributed by atoms with Crippen molar-refractivity contribution in [3.63, 3.8) is 0 Å². The van der Waals surface area contributed by atoms with Crippen LogP contribution in [0.3, 0.4) is 0 Å². The fraction of sp³-hybridized carbons (Fsp3) is 0.0556. The lowest BCUT2D eigenvalue weighted by atomic mass is 10.2. The van der Waals surface area contributed by atoms with E-state index in [4.69, 9.17) is 4.74 Å². The molecule has 4 aromatic rings. The Bertz CT molecular complexity index is 1190. The van der Waals surface area contributed by atoms with Crippen LogP contribution in [0.15, 0.2) is 59.7 Å². The Morgan fingerprint density at radius 2 is 1.78 bits per heavy atom. The van der Waals surface area contributed by atoms with E-state index in [1.165, 1.54) is 47.1 Å². The van der Waals surface area contributed by atoms with Gasteiger partial charge in [0.2, 0.25) is 5.65 Å². The summed E-state index contributed by atoms with van der Waals surface area (Å²) < 4.78 is 47.3. The molecule has 0 aliphatic heterocycles. The van der Waals surface area contributed by atoms with E-state index in [-0.39, 0.29) is 18.1 Å². The molecule has 136 valence electrons. The molecule has 0 N–H and O–H groups in total. The molecule has 0 saturated carbocycles. The molecule has 0 spiro atoms. The molecule has 9 heteroatoms. The highest BCUT2D eigenvalue weighted by Crippen LogP contribution is 2.22. The van der Waals surface area contributed by atoms with Gasteiger partial charge in [0.1, 0.15) is 11.6 Å². The highest BCUT2D eigenvalue weighted by molar-refractivity contribution is 5.49. The van der Waals surface area contributed by atoms with E-state index in [0.717, 1.165) is 16.8 Å². The van der Waals surface area contributed by atoms with Crippen LogP contribution < -0.4 is 10.4 Å². The van der Waals surface area contributed by atoms with E-state index >= 15 is 0 Å². The Kier molecular flexibility index (Phi) is 4.11. The van der Waals surface area contributed by atoms with Crippen molar-refractivity contribution >= 4 is 5.65 Å². The van der Waals surface area contributed by atoms with Crippen molar-refractivity contribution in [2.75, 3.05) is 0 Å². The third-order valence-corrected chi connectivity index (χ3v) is 3.81. The zero-order valence-corrected chi connectivity index (χ0v) is 13.6. The molecule has 4 rings (SSSR count). The van der Waals surface area contributed by atoms with Gasteiger partial charge in [0.25, 0.3) is 5.88 Å². The summed E-state index contributed by atoms with van der Waals surface area (Å²) >= 11 is 0. The molecule has 6 nitrogen and oxygen atoms in total. The highest BCUT2D eigenvalue weighted by atomic mass is 19.2. The molecule has 0 aliphatic carbocycles. The van der Waals surface area contributed by atoms with E-state index in [1.54, 1.807) is 0 Å². The monoisotopic (exact) mass is 372 g/mol. The van der Waals surface area contributed by atoms with Gasteiger partial charge in [0.15, 0.2) is 11.6 Å². The summed E-state index contributed by atoms with van der Waals surface area (Å²) in [6, 6.07) is 8.62. The Balaban J connectivity index is 1.71. The summed E-state index contributed by atoms with van der Waals surface area (Å²) in [5.41, 5.74) is 0.00358. The Morgan fingerprint density at radius 3 is 2.52 bits per heavy atom. The molecule has 2 aromatic carbocycles. The first-order valence-corrected chi connectivity index (χ1v) is 7.83. The van der Waals surface area contributed by atoms with Crippen molar-refractivity contribution < 1.29 is 17.9 Å². The lowest BCUT2D eigenvalue weighted by Gasteiger charge is -2.04. The predicted molar refractivity (Wildman–Crippen MR) is 89.2 cm³/mol. The number of rotatable bonds is 4. The van der Waals surface area contributed by atoms with Gasteiger partial charge in [-0.05, 0) is 42.0 Å². The van der Waals surface area contributed by atoms with Gasteiger partial charge in [0, 0.05) is 12.4 Å². The largest absolute Gasteiger partial charge is 0.436 e. The predicted octanol–water partition coefficient (Wildman–Crippen LogP) is 3.15. The Hall–Kier alpha value is -3.62. The maximum Gasteiger partial charge on any atom is 0.350 e. The minimum atomic E-state index is -1.01. The number of aromatic nitrogens is 4. The van der Waals surface area contributed by atoms with Crippen LogP contribution in [0, 0.1) is 17.5 Å². The second kappa shape index (κ2) is 6.60. The molecule has 0 amide bonds. The number of nitrogens with zero attached hydrogens (tertiary/aromatic N) is 4. The molecule has 0 unspecified atom stereocenters. The van der Waals surface area contributed by atoms with Gasteiger partial charge in [-0.25, -0.2) is 32.0 Å². The van der Waals surface area contributed by atoms with Crippen molar-refractivity contribution in [1.82, 2.24) is 19.2 Å². The minimum absolute atomic E-state index is 0.0465. The average Bonchev–Trinajstić information content (AvgIpc) is 2.97. The van der Waals surface area contributed by atoms with Crippen LogP contribution in [0.25, 0.3) is 5.65 Å². The van der Waals surface area contributed by atoms with Crippen molar-refractivity contribution in [2.45, 2.75) is 6.54 Å². The SMILES string of the molecule is O=c1n(Cc2ccc(F)c(F)c2)nc2c(Oc3ccc(F)cc3)nccn12. The number of ether oxygens (including phenoxy) is 1. The zero-order chi connectivity index (χ0) is 19.0. The van der Waals surface area contributed by atoms with Crippen LogP contribution in [0.5, 0.6) is 11.6 Å². The standard InChI is InChI=1S/C18H11F3N4O2/c19-12-2-4-13(5-3-12)27-17-16-23-25(18(26)24(16)8-7-22-17)10-11-1-6-14(20)15(21)9-11/h1-9H,10H2. The van der Waals surface area contributed by atoms with E-state index in [2.05, 4.69) is 10.1 Å². The van der Waals surface area contributed by atoms with Crippen LogP contribution in [0.4, 0.5) is 13.2 Å². The first-order valence-electron chi connectivity index (χ1n) is 7.83. The summed E-state index contributed by atoms with van der Waals surface area (Å²) in [5.74, 6) is -2.03. The van der Waals surface area contributed by atoms with E-state index < -0.39 is 23.1 Å². The topological polar surface area (TPSA) is 61.4 Å². The van der Waals surface area contributed by atoms with Gasteiger partial charge in [-0.2, -0.15) is 0 Å². The number of fused-ring (bicyclic) bond motifs is 1. The van der Waals surface area contributed by atoms with Crippen LogP contribution >= 0.6 is 0 Å². The molecule has 0 aliphatic rings. The molecule has 0 radical (unpaired) electrons. The Morgan fingerprint density at radius 1 is 1.00 bits per heavy atom. The molecule has 0 atom stereocenters. The average molecular weight is 372 g/mol. The summed E-state index contributed by atoms with van der Waals surface area (Å²) in [6.07, 6.45) is 2.76. The first kappa shape index (κ1) is 16.8. The molecule has 27 heavy (non-hydrogen) atoms. The molecule has 0 saturated heterocycles. The maximum absolute atomic E-state index is 13.4. The van der Waals surface area contributed by atoms with Crippen molar-refractivity contribution in [2.24, 2.45) is 0 Å². The van der Waals surface area contributed by atoms with E-state index in [1.807, 2.05) is 0 Å². The van der Waals surface area contributed by atoms with Gasteiger partial charge < -0.3 is 4.74 Å². The maximum atomic E-state index is 13.4. The van der Waals surface area contributed by atoms with Crippen LogP contribution in [-0.4, -0.2) is 19.2 Å². The zero-order valence-electron chi connectivity index (χ0n) is 13.6. The lowest BCUT2D eigenvalue weighted by Crippen LogP contribution is -2.21. The van der Waals surface area contributed by atoms with Gasteiger partial charge in [-0.1, -0.05) is 6.07 Å². The molecule has 0 fully saturated rings. The first-order chi connectivity index (χ1) is 13.0. The van der Waals surface area contributed by atoms with Crippen LogP contribution in [0.2, 0.25) is 0 Å². The summed E-state index contributed by atoms with van der Waals surface area (Å²) in [4.78, 5) is 16.5. The quantitative estimate of drug-likeness (QED) is 0.552. The molecular formula is C18H11F3N4O2. The highest BCUT2D eigenvalue weighted by Gasteiger charge is 2.14. The fourth-order valence-electron chi connectivity index (χ4n) is 2.53. The lowest BCUT2D eigenvalue weighted by molar-refractivity contribution is 0.462. The summed E-state index contributed by atoms with van der Waals surface area (Å²) in [6.45, 7) is -0.0618. The smallest absolute Gasteiger partial charge is 0.350 e. The second-order valence-corrected chi connectivity index (χ2v) is 5.67. The fourth-order valence-corrected chi connectivity index (χ4v) is 2.53. The third kappa shape index (κ3) is 3.26. The number of benzene rings is 2.